The molecule has 1 heterocycles. The molecule has 0 radical (unpaired) electrons. The van der Waals surface area contributed by atoms with Crippen molar-refractivity contribution >= 4 is 21.7 Å². The molecule has 144 valence electrons. The summed E-state index contributed by atoms with van der Waals surface area (Å²) in [5.74, 6) is -0.928. The van der Waals surface area contributed by atoms with Crippen LogP contribution in [0, 0.1) is 0 Å². The number of phenols is 1. The highest BCUT2D eigenvalue weighted by atomic mass is 32.2. The lowest BCUT2D eigenvalue weighted by molar-refractivity contribution is 0.0693. The molecule has 0 aliphatic carbocycles. The van der Waals surface area contributed by atoms with Crippen LogP contribution >= 0.6 is 0 Å². The third kappa shape index (κ3) is 3.83. The minimum atomic E-state index is -3.60. The van der Waals surface area contributed by atoms with Crippen LogP contribution in [0.25, 0.3) is 0 Å². The highest BCUT2D eigenvalue weighted by molar-refractivity contribution is 7.89. The molecule has 3 rings (SSSR count). The van der Waals surface area contributed by atoms with E-state index in [-0.39, 0.29) is 29.3 Å². The largest absolute Gasteiger partial charge is 0.507 e. The van der Waals surface area contributed by atoms with Crippen LogP contribution in [-0.2, 0) is 10.0 Å². The van der Waals surface area contributed by atoms with Crippen molar-refractivity contribution in [1.29, 1.82) is 0 Å². The summed E-state index contributed by atoms with van der Waals surface area (Å²) < 4.78 is 32.0. The molecule has 1 aliphatic rings. The van der Waals surface area contributed by atoms with E-state index in [4.69, 9.17) is 9.84 Å². The van der Waals surface area contributed by atoms with E-state index in [2.05, 4.69) is 0 Å². The van der Waals surface area contributed by atoms with Gasteiger partial charge in [-0.25, -0.2) is 13.2 Å². The number of aromatic carboxylic acids is 1. The van der Waals surface area contributed by atoms with Gasteiger partial charge in [0, 0.05) is 31.9 Å². The van der Waals surface area contributed by atoms with Gasteiger partial charge in [0.05, 0.1) is 12.0 Å². The van der Waals surface area contributed by atoms with Crippen molar-refractivity contribution in [2.45, 2.75) is 4.90 Å². The number of carbonyl (C=O) groups is 1. The van der Waals surface area contributed by atoms with E-state index in [1.807, 2.05) is 4.90 Å². The summed E-state index contributed by atoms with van der Waals surface area (Å²) >= 11 is 0. The fourth-order valence-electron chi connectivity index (χ4n) is 2.98. The summed E-state index contributed by atoms with van der Waals surface area (Å²) in [6.07, 6.45) is 0. The molecule has 1 saturated heterocycles. The number of hydrogen-bond acceptors (Lipinski definition) is 6. The zero-order valence-electron chi connectivity index (χ0n) is 14.7. The lowest BCUT2D eigenvalue weighted by Crippen LogP contribution is -2.48. The van der Waals surface area contributed by atoms with E-state index in [9.17, 15) is 18.3 Å². The monoisotopic (exact) mass is 392 g/mol. The van der Waals surface area contributed by atoms with Gasteiger partial charge in [0.1, 0.15) is 17.1 Å². The van der Waals surface area contributed by atoms with Crippen molar-refractivity contribution in [3.8, 4) is 11.5 Å². The summed E-state index contributed by atoms with van der Waals surface area (Å²) in [5.41, 5.74) is 0.451. The Kier molecular flexibility index (Phi) is 5.24. The van der Waals surface area contributed by atoms with Crippen LogP contribution in [0.1, 0.15) is 10.4 Å². The molecular weight excluding hydrogens is 372 g/mol. The van der Waals surface area contributed by atoms with Crippen molar-refractivity contribution in [3.63, 3.8) is 0 Å². The molecule has 2 N–H and O–H groups in total. The molecule has 1 fully saturated rings. The number of ether oxygens (including phenoxy) is 1. The second-order valence-corrected chi connectivity index (χ2v) is 8.01. The van der Waals surface area contributed by atoms with Crippen molar-refractivity contribution in [2.24, 2.45) is 0 Å². The van der Waals surface area contributed by atoms with Gasteiger partial charge in [0.25, 0.3) is 0 Å². The normalized spacial score (nSPS) is 15.5. The molecule has 0 saturated carbocycles. The van der Waals surface area contributed by atoms with Gasteiger partial charge in [-0.2, -0.15) is 4.31 Å². The van der Waals surface area contributed by atoms with Gasteiger partial charge < -0.3 is 19.8 Å². The summed E-state index contributed by atoms with van der Waals surface area (Å²) in [7, 11) is -2.09. The molecular formula is C18H20N2O6S. The molecule has 9 heteroatoms. The average molecular weight is 392 g/mol. The Morgan fingerprint density at radius 1 is 1.04 bits per heavy atom. The molecule has 0 atom stereocenters. The summed E-state index contributed by atoms with van der Waals surface area (Å²) in [6, 6.07) is 10.6. The zero-order valence-corrected chi connectivity index (χ0v) is 15.5. The van der Waals surface area contributed by atoms with Crippen molar-refractivity contribution in [1.82, 2.24) is 4.31 Å². The topological polar surface area (TPSA) is 107 Å². The number of sulfonamides is 1. The van der Waals surface area contributed by atoms with Gasteiger partial charge in [-0.15, -0.1) is 0 Å². The van der Waals surface area contributed by atoms with Crippen LogP contribution in [0.2, 0.25) is 0 Å². The second kappa shape index (κ2) is 7.45. The van der Waals surface area contributed by atoms with Crippen molar-refractivity contribution in [3.05, 3.63) is 48.0 Å². The molecule has 0 aromatic heterocycles. The first-order valence-electron chi connectivity index (χ1n) is 8.28. The number of piperazine rings is 1. The lowest BCUT2D eigenvalue weighted by atomic mass is 10.1. The number of rotatable bonds is 5. The van der Waals surface area contributed by atoms with Gasteiger partial charge in [-0.05, 0) is 42.5 Å². The van der Waals surface area contributed by atoms with Crippen molar-refractivity contribution < 1.29 is 28.2 Å². The Hall–Kier alpha value is -2.78. The number of hydrogen-bond donors (Lipinski definition) is 2. The highest BCUT2D eigenvalue weighted by Gasteiger charge is 2.29. The van der Waals surface area contributed by atoms with E-state index in [1.54, 1.807) is 18.2 Å². The van der Waals surface area contributed by atoms with Crippen molar-refractivity contribution in [2.75, 3.05) is 38.2 Å². The fraction of sp³-hybridized carbons (Fsp3) is 0.278. The molecule has 2 aromatic carbocycles. The number of aromatic hydroxyl groups is 1. The maximum Gasteiger partial charge on any atom is 0.339 e. The van der Waals surface area contributed by atoms with Crippen LogP contribution in [0.3, 0.4) is 0 Å². The van der Waals surface area contributed by atoms with Gasteiger partial charge >= 0.3 is 5.97 Å². The Balaban J connectivity index is 1.73. The van der Waals surface area contributed by atoms with Crippen LogP contribution < -0.4 is 9.64 Å². The van der Waals surface area contributed by atoms with Crippen LogP contribution in [0.15, 0.2) is 47.4 Å². The molecule has 27 heavy (non-hydrogen) atoms. The first kappa shape index (κ1) is 19.0. The molecule has 8 nitrogen and oxygen atoms in total. The first-order valence-corrected chi connectivity index (χ1v) is 9.72. The predicted octanol–water partition coefficient (Wildman–Crippen LogP) is 1.61. The van der Waals surface area contributed by atoms with E-state index in [1.165, 1.54) is 35.7 Å². The number of methoxy groups -OCH3 is 1. The third-order valence-corrected chi connectivity index (χ3v) is 6.42. The molecule has 0 unspecified atom stereocenters. The standard InChI is InChI=1S/C18H20N2O6S/c1-26-14-3-5-15(6-4-14)27(24,25)20-10-8-19(9-11-20)13-2-7-17(21)16(12-13)18(22)23/h2-7,12,21H,8-11H2,1H3,(H,22,23). The van der Waals surface area contributed by atoms with Gasteiger partial charge in [-0.3, -0.25) is 0 Å². The minimum Gasteiger partial charge on any atom is -0.507 e. The maximum absolute atomic E-state index is 12.8. The first-order chi connectivity index (χ1) is 12.8. The van der Waals surface area contributed by atoms with Gasteiger partial charge in [0.15, 0.2) is 0 Å². The van der Waals surface area contributed by atoms with E-state index < -0.39 is 16.0 Å². The number of benzene rings is 2. The minimum absolute atomic E-state index is 0.180. The predicted molar refractivity (Wildman–Crippen MR) is 99.0 cm³/mol. The summed E-state index contributed by atoms with van der Waals surface area (Å²) in [5, 5.41) is 18.7. The van der Waals surface area contributed by atoms with Crippen LogP contribution in [0.5, 0.6) is 11.5 Å². The summed E-state index contributed by atoms with van der Waals surface area (Å²) in [4.78, 5) is 13.3. The zero-order chi connectivity index (χ0) is 19.6. The summed E-state index contributed by atoms with van der Waals surface area (Å²) in [6.45, 7) is 1.38. The van der Waals surface area contributed by atoms with Gasteiger partial charge in [-0.1, -0.05) is 0 Å². The fourth-order valence-corrected chi connectivity index (χ4v) is 4.40. The molecule has 0 bridgehead atoms. The Labute approximate surface area is 157 Å². The SMILES string of the molecule is COc1ccc(S(=O)(=O)N2CCN(c3ccc(O)c(C(=O)O)c3)CC2)cc1. The van der Waals surface area contributed by atoms with Crippen LogP contribution in [-0.4, -0.2) is 62.2 Å². The van der Waals surface area contributed by atoms with E-state index in [0.717, 1.165) is 0 Å². The average Bonchev–Trinajstić information content (AvgIpc) is 2.68. The van der Waals surface area contributed by atoms with Gasteiger partial charge in [0.2, 0.25) is 10.0 Å². The molecule has 0 amide bonds. The quantitative estimate of drug-likeness (QED) is 0.796. The third-order valence-electron chi connectivity index (χ3n) is 4.51. The second-order valence-electron chi connectivity index (χ2n) is 6.07. The number of carboxylic acid groups (broad SMARTS) is 1. The maximum atomic E-state index is 12.8. The smallest absolute Gasteiger partial charge is 0.339 e. The molecule has 2 aromatic rings. The van der Waals surface area contributed by atoms with E-state index in [0.29, 0.717) is 24.5 Å². The number of nitrogens with zero attached hydrogens (tertiary/aromatic N) is 2. The Bertz CT molecular complexity index is 935. The Morgan fingerprint density at radius 2 is 1.67 bits per heavy atom. The molecule has 0 spiro atoms. The van der Waals surface area contributed by atoms with Crippen LogP contribution in [0.4, 0.5) is 5.69 Å². The number of carboxylic acids is 1. The van der Waals surface area contributed by atoms with E-state index >= 15 is 0 Å². The Morgan fingerprint density at radius 3 is 2.22 bits per heavy atom. The highest BCUT2D eigenvalue weighted by Crippen LogP contribution is 2.26. The number of anilines is 1. The molecule has 1 aliphatic heterocycles. The lowest BCUT2D eigenvalue weighted by Gasteiger charge is -2.35.